The van der Waals surface area contributed by atoms with Gasteiger partial charge in [-0.15, -0.1) is 0 Å². The fraction of sp³-hybridized carbons (Fsp3) is 0.607. The zero-order valence-electron chi connectivity index (χ0n) is 21.7. The number of H-pyrrole nitrogens is 1. The minimum Gasteiger partial charge on any atom is -0.461 e. The van der Waals surface area contributed by atoms with E-state index in [0.29, 0.717) is 23.5 Å². The Morgan fingerprint density at radius 1 is 1.11 bits per heavy atom. The largest absolute Gasteiger partial charge is 0.461 e. The average molecular weight is 501 g/mol. The maximum atomic E-state index is 15.0. The molecule has 7 nitrogen and oxygen atoms in total. The summed E-state index contributed by atoms with van der Waals surface area (Å²) in [6.07, 6.45) is 6.08. The second-order valence-electron chi connectivity index (χ2n) is 11.0. The molecule has 1 N–H and O–H groups in total. The van der Waals surface area contributed by atoms with E-state index in [0.717, 1.165) is 32.1 Å². The van der Waals surface area contributed by atoms with Crippen LogP contribution >= 0.6 is 0 Å². The van der Waals surface area contributed by atoms with Crippen LogP contribution in [0.4, 0.5) is 9.18 Å². The van der Waals surface area contributed by atoms with Crippen LogP contribution in [0.1, 0.15) is 82.3 Å². The van der Waals surface area contributed by atoms with Gasteiger partial charge in [0.15, 0.2) is 17.3 Å². The average Bonchev–Trinajstić information content (AvgIpc) is 3.41. The fourth-order valence-electron chi connectivity index (χ4n) is 5.78. The number of esters is 1. The van der Waals surface area contributed by atoms with Crippen molar-refractivity contribution >= 4 is 28.7 Å². The fourth-order valence-corrected chi connectivity index (χ4v) is 5.78. The third kappa shape index (κ3) is 5.57. The Labute approximate surface area is 211 Å². The van der Waals surface area contributed by atoms with E-state index in [4.69, 9.17) is 9.47 Å². The van der Waals surface area contributed by atoms with E-state index in [-0.39, 0.29) is 35.8 Å². The minimum absolute atomic E-state index is 0.0603. The van der Waals surface area contributed by atoms with Crippen molar-refractivity contribution in [3.8, 4) is 0 Å². The minimum atomic E-state index is -0.752. The summed E-state index contributed by atoms with van der Waals surface area (Å²) >= 11 is 0. The van der Waals surface area contributed by atoms with Crippen LogP contribution in [0.2, 0.25) is 0 Å². The van der Waals surface area contributed by atoms with Gasteiger partial charge in [-0.2, -0.15) is 0 Å². The number of nitrogens with one attached hydrogen (secondary N) is 1. The molecule has 2 atom stereocenters. The van der Waals surface area contributed by atoms with E-state index >= 15 is 0 Å². The Morgan fingerprint density at radius 2 is 1.83 bits per heavy atom. The first-order valence-corrected chi connectivity index (χ1v) is 13.1. The van der Waals surface area contributed by atoms with Crippen LogP contribution in [0, 0.1) is 17.7 Å². The van der Waals surface area contributed by atoms with Crippen LogP contribution in [0.15, 0.2) is 18.2 Å². The molecule has 0 radical (unpaired) electrons. The Balaban J connectivity index is 1.59. The van der Waals surface area contributed by atoms with E-state index in [2.05, 4.69) is 4.98 Å². The molecule has 196 valence electrons. The maximum absolute atomic E-state index is 15.0. The highest BCUT2D eigenvalue weighted by Crippen LogP contribution is 2.40. The van der Waals surface area contributed by atoms with E-state index in [1.165, 1.54) is 6.42 Å². The number of hydrogen-bond donors (Lipinski definition) is 1. The van der Waals surface area contributed by atoms with Crippen LogP contribution in [0.3, 0.4) is 0 Å². The van der Waals surface area contributed by atoms with Crippen molar-refractivity contribution in [3.63, 3.8) is 0 Å². The molecule has 2 fully saturated rings. The highest BCUT2D eigenvalue weighted by Gasteiger charge is 2.46. The Bertz CT molecular complexity index is 1130. The molecular weight excluding hydrogens is 463 g/mol. The van der Waals surface area contributed by atoms with Gasteiger partial charge >= 0.3 is 12.1 Å². The molecular formula is C28H37FN2O5. The molecule has 2 aliphatic rings. The van der Waals surface area contributed by atoms with Gasteiger partial charge < -0.3 is 14.5 Å². The maximum Gasteiger partial charge on any atom is 0.410 e. The number of carbonyl (C=O) groups is 3. The molecule has 36 heavy (non-hydrogen) atoms. The highest BCUT2D eigenvalue weighted by molar-refractivity contribution is 5.96. The van der Waals surface area contributed by atoms with Crippen molar-refractivity contribution in [3.05, 3.63) is 35.3 Å². The molecule has 2 heterocycles. The molecule has 0 spiro atoms. The monoisotopic (exact) mass is 500 g/mol. The lowest BCUT2D eigenvalue weighted by Crippen LogP contribution is -2.47. The lowest BCUT2D eigenvalue weighted by molar-refractivity contribution is -0.124. The molecule has 1 saturated carbocycles. The van der Waals surface area contributed by atoms with Crippen molar-refractivity contribution in [1.82, 2.24) is 9.88 Å². The third-order valence-electron chi connectivity index (χ3n) is 7.32. The second kappa shape index (κ2) is 10.6. The topological polar surface area (TPSA) is 88.7 Å². The number of Topliss-reactive ketones (excluding diaryl/α,β-unsaturated/α-hetero) is 1. The van der Waals surface area contributed by atoms with Gasteiger partial charge in [0.1, 0.15) is 5.60 Å². The molecule has 1 aromatic carbocycles. The standard InChI is InChI=1S/C28H37FN2O5/c1-5-35-26(33)24-23(29)20-15-17(11-12-21(20)30-24)16-22(32)25-19(18-9-7-6-8-10-18)13-14-31(25)27(34)36-28(2,3)4/h11-12,15,18-19,25,30H,5-10,13-14,16H2,1-4H3/t19-,25-/m0/s1. The number of halogens is 1. The van der Waals surface area contributed by atoms with Gasteiger partial charge in [-0.25, -0.2) is 14.0 Å². The summed E-state index contributed by atoms with van der Waals surface area (Å²) in [4.78, 5) is 43.2. The van der Waals surface area contributed by atoms with Gasteiger partial charge in [-0.1, -0.05) is 38.2 Å². The van der Waals surface area contributed by atoms with Crippen molar-refractivity contribution in [2.75, 3.05) is 13.2 Å². The summed E-state index contributed by atoms with van der Waals surface area (Å²) in [7, 11) is 0. The van der Waals surface area contributed by atoms with Crippen molar-refractivity contribution in [2.24, 2.45) is 11.8 Å². The van der Waals surface area contributed by atoms with Crippen LogP contribution in [-0.2, 0) is 20.7 Å². The molecule has 1 aromatic heterocycles. The molecule has 0 bridgehead atoms. The number of aromatic amines is 1. The van der Waals surface area contributed by atoms with Crippen LogP contribution in [0.5, 0.6) is 0 Å². The van der Waals surface area contributed by atoms with Gasteiger partial charge in [0.2, 0.25) is 0 Å². The predicted octanol–water partition coefficient (Wildman–Crippen LogP) is 5.80. The first kappa shape index (κ1) is 26.2. The van der Waals surface area contributed by atoms with Gasteiger partial charge in [-0.3, -0.25) is 9.69 Å². The number of ketones is 1. The molecule has 8 heteroatoms. The lowest BCUT2D eigenvalue weighted by Gasteiger charge is -2.34. The predicted molar refractivity (Wildman–Crippen MR) is 134 cm³/mol. The Hall–Kier alpha value is -2.90. The SMILES string of the molecule is CCOC(=O)c1[nH]c2ccc(CC(=O)[C@@H]3[C@H](C4CCCCC4)CCN3C(=O)OC(C)(C)C)cc2c1F. The zero-order chi connectivity index (χ0) is 26.0. The summed E-state index contributed by atoms with van der Waals surface area (Å²) in [5, 5.41) is 0.239. The number of amides is 1. The van der Waals surface area contributed by atoms with E-state index in [1.807, 2.05) is 20.8 Å². The summed E-state index contributed by atoms with van der Waals surface area (Å²) in [6, 6.07) is 4.48. The number of fused-ring (bicyclic) bond motifs is 1. The molecule has 1 aliphatic carbocycles. The molecule has 4 rings (SSSR count). The molecule has 1 saturated heterocycles. The van der Waals surface area contributed by atoms with Gasteiger partial charge in [-0.05, 0) is 63.6 Å². The summed E-state index contributed by atoms with van der Waals surface area (Å²) in [6.45, 7) is 7.77. The summed E-state index contributed by atoms with van der Waals surface area (Å²) < 4.78 is 25.5. The zero-order valence-corrected chi connectivity index (χ0v) is 21.7. The molecule has 2 aromatic rings. The number of rotatable bonds is 6. The van der Waals surface area contributed by atoms with Gasteiger partial charge in [0, 0.05) is 23.9 Å². The Morgan fingerprint density at radius 3 is 2.50 bits per heavy atom. The summed E-state index contributed by atoms with van der Waals surface area (Å²) in [5.74, 6) is -0.979. The van der Waals surface area contributed by atoms with Crippen LogP contribution in [-0.4, -0.2) is 52.5 Å². The molecule has 1 amide bonds. The number of benzene rings is 1. The van der Waals surface area contributed by atoms with Crippen molar-refractivity contribution in [2.45, 2.75) is 84.3 Å². The quantitative estimate of drug-likeness (QED) is 0.506. The first-order chi connectivity index (χ1) is 17.1. The van der Waals surface area contributed by atoms with Crippen LogP contribution in [0.25, 0.3) is 10.9 Å². The van der Waals surface area contributed by atoms with E-state index < -0.39 is 29.5 Å². The van der Waals surface area contributed by atoms with Crippen molar-refractivity contribution < 1.29 is 28.2 Å². The summed E-state index contributed by atoms with van der Waals surface area (Å²) in [5.41, 5.74) is 0.225. The second-order valence-corrected chi connectivity index (χ2v) is 11.0. The highest BCUT2D eigenvalue weighted by atomic mass is 19.1. The van der Waals surface area contributed by atoms with Gasteiger partial charge in [0.25, 0.3) is 0 Å². The van der Waals surface area contributed by atoms with E-state index in [9.17, 15) is 18.8 Å². The number of ether oxygens (including phenoxy) is 2. The first-order valence-electron chi connectivity index (χ1n) is 13.1. The molecule has 0 unspecified atom stereocenters. The number of hydrogen-bond acceptors (Lipinski definition) is 5. The lowest BCUT2D eigenvalue weighted by atomic mass is 9.75. The Kier molecular flexibility index (Phi) is 7.71. The van der Waals surface area contributed by atoms with Crippen LogP contribution < -0.4 is 0 Å². The normalized spacial score (nSPS) is 21.1. The van der Waals surface area contributed by atoms with Crippen molar-refractivity contribution in [1.29, 1.82) is 0 Å². The smallest absolute Gasteiger partial charge is 0.410 e. The van der Waals surface area contributed by atoms with E-state index in [1.54, 1.807) is 30.0 Å². The number of nitrogens with zero attached hydrogens (tertiary/aromatic N) is 1. The number of aromatic nitrogens is 1. The van der Waals surface area contributed by atoms with Gasteiger partial charge in [0.05, 0.1) is 12.6 Å². The number of carbonyl (C=O) groups excluding carboxylic acids is 3. The number of likely N-dealkylation sites (tertiary alicyclic amines) is 1. The third-order valence-corrected chi connectivity index (χ3v) is 7.32. The molecule has 1 aliphatic heterocycles.